The highest BCUT2D eigenvalue weighted by Gasteiger charge is 2.19. The van der Waals surface area contributed by atoms with E-state index in [0.29, 0.717) is 0 Å². The van der Waals surface area contributed by atoms with E-state index in [-0.39, 0.29) is 12.5 Å². The van der Waals surface area contributed by atoms with Crippen molar-refractivity contribution in [1.82, 2.24) is 9.80 Å². The summed E-state index contributed by atoms with van der Waals surface area (Å²) in [6.07, 6.45) is 5.91. The highest BCUT2D eigenvalue weighted by Crippen LogP contribution is 2.36. The number of benzene rings is 2. The Hall–Kier alpha value is -2.41. The van der Waals surface area contributed by atoms with Crippen molar-refractivity contribution in [3.63, 3.8) is 0 Å². The van der Waals surface area contributed by atoms with E-state index >= 15 is 0 Å². The number of likely N-dealkylation sites (tertiary alicyclic amines) is 1. The van der Waals surface area contributed by atoms with Gasteiger partial charge in [-0.15, -0.1) is 11.3 Å². The number of ether oxygens (including phenoxy) is 2. The van der Waals surface area contributed by atoms with E-state index in [9.17, 15) is 4.79 Å². The van der Waals surface area contributed by atoms with Crippen LogP contribution < -0.4 is 4.74 Å². The normalized spacial score (nSPS) is 17.9. The predicted molar refractivity (Wildman–Crippen MR) is 139 cm³/mol. The molecule has 2 aliphatic heterocycles. The molecule has 0 atom stereocenters. The third-order valence-corrected chi connectivity index (χ3v) is 7.87. The van der Waals surface area contributed by atoms with Crippen LogP contribution >= 0.6 is 11.3 Å². The minimum absolute atomic E-state index is 0.104. The van der Waals surface area contributed by atoms with Gasteiger partial charge in [0.1, 0.15) is 5.75 Å². The number of morpholine rings is 1. The van der Waals surface area contributed by atoms with Gasteiger partial charge in [0.25, 0.3) is 5.91 Å². The van der Waals surface area contributed by atoms with Crippen molar-refractivity contribution in [2.45, 2.75) is 38.6 Å². The summed E-state index contributed by atoms with van der Waals surface area (Å²) in [4.78, 5) is 17.3. The maximum Gasteiger partial charge on any atom is 0.260 e. The van der Waals surface area contributed by atoms with Crippen LogP contribution in [0.2, 0.25) is 0 Å². The van der Waals surface area contributed by atoms with E-state index in [4.69, 9.17) is 9.47 Å². The summed E-state index contributed by atoms with van der Waals surface area (Å²) in [5.41, 5.74) is 3.59. The second-order valence-electron chi connectivity index (χ2n) is 9.29. The number of hydrogen-bond donors (Lipinski definition) is 0. The fourth-order valence-electron chi connectivity index (χ4n) is 4.94. The molecule has 2 saturated heterocycles. The molecule has 0 N–H and O–H groups in total. The fourth-order valence-corrected chi connectivity index (χ4v) is 5.91. The van der Waals surface area contributed by atoms with E-state index in [1.54, 1.807) is 11.3 Å². The van der Waals surface area contributed by atoms with Gasteiger partial charge in [-0.3, -0.25) is 9.69 Å². The van der Waals surface area contributed by atoms with E-state index in [2.05, 4.69) is 52.7 Å². The van der Waals surface area contributed by atoms with Gasteiger partial charge >= 0.3 is 0 Å². The molecular weight excluding hydrogens is 444 g/mol. The highest BCUT2D eigenvalue weighted by atomic mass is 32.1. The Morgan fingerprint density at radius 3 is 2.53 bits per heavy atom. The lowest BCUT2D eigenvalue weighted by atomic mass is 10.0. The fraction of sp³-hybridized carbons (Fsp3) is 0.464. The van der Waals surface area contributed by atoms with Crippen molar-refractivity contribution < 1.29 is 14.3 Å². The zero-order chi connectivity index (χ0) is 23.2. The molecule has 0 radical (unpaired) electrons. The van der Waals surface area contributed by atoms with E-state index < -0.39 is 0 Å². The van der Waals surface area contributed by atoms with Crippen molar-refractivity contribution in [3.8, 4) is 16.9 Å². The molecule has 3 aromatic rings. The van der Waals surface area contributed by atoms with E-state index in [0.717, 1.165) is 70.1 Å². The molecule has 2 aliphatic rings. The molecule has 1 aromatic heterocycles. The number of fused-ring (bicyclic) bond motifs is 1. The zero-order valence-electron chi connectivity index (χ0n) is 19.8. The SMILES string of the molecule is O=C(COc1ccc(-c2csc3ccccc23)cc1CN1CCOCC1)N1CCCCCCC1. The number of hydrogen-bond acceptors (Lipinski definition) is 5. The number of carbonyl (C=O) groups excluding carboxylic acids is 1. The number of carbonyl (C=O) groups is 1. The highest BCUT2D eigenvalue weighted by molar-refractivity contribution is 7.17. The van der Waals surface area contributed by atoms with Gasteiger partial charge in [0.05, 0.1) is 13.2 Å². The van der Waals surface area contributed by atoms with E-state index in [1.807, 2.05) is 4.90 Å². The Morgan fingerprint density at radius 1 is 0.941 bits per heavy atom. The molecule has 180 valence electrons. The Morgan fingerprint density at radius 2 is 1.71 bits per heavy atom. The molecule has 0 unspecified atom stereocenters. The first kappa shape index (κ1) is 23.3. The van der Waals surface area contributed by atoms with Crippen LogP contribution in [0.1, 0.15) is 37.7 Å². The predicted octanol–water partition coefficient (Wildman–Crippen LogP) is 5.57. The van der Waals surface area contributed by atoms with Crippen LogP contribution in [0, 0.1) is 0 Å². The van der Waals surface area contributed by atoms with Gasteiger partial charge in [0.15, 0.2) is 6.61 Å². The quantitative estimate of drug-likeness (QED) is 0.464. The monoisotopic (exact) mass is 478 g/mol. The second kappa shape index (κ2) is 11.3. The maximum atomic E-state index is 12.9. The molecule has 2 fully saturated rings. The van der Waals surface area contributed by atoms with Crippen molar-refractivity contribution in [1.29, 1.82) is 0 Å². The average molecular weight is 479 g/mol. The second-order valence-corrected chi connectivity index (χ2v) is 10.2. The molecular formula is C28H34N2O3S. The Balaban J connectivity index is 1.36. The summed E-state index contributed by atoms with van der Waals surface area (Å²) in [6, 6.07) is 15.0. The Bertz CT molecular complexity index is 1100. The van der Waals surface area contributed by atoms with Crippen molar-refractivity contribution >= 4 is 27.3 Å². The first-order valence-electron chi connectivity index (χ1n) is 12.6. The molecule has 3 heterocycles. The summed E-state index contributed by atoms with van der Waals surface area (Å²) < 4.78 is 13.0. The molecule has 2 aromatic carbocycles. The van der Waals surface area contributed by atoms with Gasteiger partial charge in [0.2, 0.25) is 0 Å². The zero-order valence-corrected chi connectivity index (χ0v) is 20.7. The lowest BCUT2D eigenvalue weighted by Crippen LogP contribution is -2.37. The maximum absolute atomic E-state index is 12.9. The molecule has 0 bridgehead atoms. The number of rotatable bonds is 6. The molecule has 34 heavy (non-hydrogen) atoms. The van der Waals surface area contributed by atoms with Crippen LogP contribution in [0.3, 0.4) is 0 Å². The van der Waals surface area contributed by atoms with Crippen LogP contribution in [-0.2, 0) is 16.1 Å². The van der Waals surface area contributed by atoms with Crippen molar-refractivity contribution in [2.75, 3.05) is 46.0 Å². The summed E-state index contributed by atoms with van der Waals surface area (Å²) in [6.45, 7) is 5.97. The van der Waals surface area contributed by atoms with Crippen LogP contribution in [0.4, 0.5) is 0 Å². The number of amides is 1. The Labute approximate surface area is 206 Å². The number of thiophene rings is 1. The van der Waals surface area contributed by atoms with Crippen LogP contribution in [0.25, 0.3) is 21.2 Å². The van der Waals surface area contributed by atoms with E-state index in [1.165, 1.54) is 40.5 Å². The minimum atomic E-state index is 0.104. The Kier molecular flexibility index (Phi) is 7.79. The summed E-state index contributed by atoms with van der Waals surface area (Å²) in [5, 5.41) is 3.52. The van der Waals surface area contributed by atoms with Gasteiger partial charge in [-0.05, 0) is 42.0 Å². The van der Waals surface area contributed by atoms with Gasteiger partial charge in [0, 0.05) is 53.9 Å². The molecule has 0 aliphatic carbocycles. The largest absolute Gasteiger partial charge is 0.483 e. The van der Waals surface area contributed by atoms with Gasteiger partial charge in [-0.2, -0.15) is 0 Å². The number of nitrogens with zero attached hydrogens (tertiary/aromatic N) is 2. The molecule has 5 nitrogen and oxygen atoms in total. The molecule has 5 rings (SSSR count). The standard InChI is InChI=1S/C28H34N2O3S/c31-28(30-12-6-2-1-3-7-13-30)20-33-26-11-10-22(18-23(26)19-29-14-16-32-17-15-29)25-21-34-27-9-5-4-8-24(25)27/h4-5,8-11,18,21H,1-3,6-7,12-17,19-20H2. The third-order valence-electron chi connectivity index (χ3n) is 6.91. The lowest BCUT2D eigenvalue weighted by Gasteiger charge is -2.28. The smallest absolute Gasteiger partial charge is 0.260 e. The summed E-state index contributed by atoms with van der Waals surface area (Å²) >= 11 is 1.78. The van der Waals surface area contributed by atoms with Crippen molar-refractivity contribution in [3.05, 3.63) is 53.4 Å². The molecule has 0 spiro atoms. The first-order valence-corrected chi connectivity index (χ1v) is 13.5. The van der Waals surface area contributed by atoms with Gasteiger partial charge in [-0.1, -0.05) is 43.5 Å². The molecule has 1 amide bonds. The van der Waals surface area contributed by atoms with Crippen LogP contribution in [0.15, 0.2) is 47.8 Å². The van der Waals surface area contributed by atoms with Crippen molar-refractivity contribution in [2.24, 2.45) is 0 Å². The third kappa shape index (κ3) is 5.62. The topological polar surface area (TPSA) is 42.0 Å². The van der Waals surface area contributed by atoms with Gasteiger partial charge in [-0.25, -0.2) is 0 Å². The first-order chi connectivity index (χ1) is 16.8. The molecule has 6 heteroatoms. The minimum Gasteiger partial charge on any atom is -0.483 e. The van der Waals surface area contributed by atoms with Gasteiger partial charge < -0.3 is 14.4 Å². The average Bonchev–Trinajstić information content (AvgIpc) is 3.28. The molecule has 0 saturated carbocycles. The summed E-state index contributed by atoms with van der Waals surface area (Å²) in [5.74, 6) is 0.919. The lowest BCUT2D eigenvalue weighted by molar-refractivity contribution is -0.133. The summed E-state index contributed by atoms with van der Waals surface area (Å²) in [7, 11) is 0. The van der Waals surface area contributed by atoms with Crippen LogP contribution in [0.5, 0.6) is 5.75 Å². The van der Waals surface area contributed by atoms with Crippen LogP contribution in [-0.4, -0.2) is 61.7 Å².